The molecule has 0 unspecified atom stereocenters. The first-order valence-corrected chi connectivity index (χ1v) is 5.86. The molecular weight excluding hydrogens is 236 g/mol. The first-order valence-electron chi connectivity index (χ1n) is 5.86. The lowest BCUT2D eigenvalue weighted by atomic mass is 10.1. The zero-order chi connectivity index (χ0) is 13.5. The predicted molar refractivity (Wildman–Crippen MR) is 67.0 cm³/mol. The van der Waals surface area contributed by atoms with Gasteiger partial charge < -0.3 is 9.47 Å². The molecule has 0 saturated heterocycles. The highest BCUT2D eigenvalue weighted by molar-refractivity contribution is 5.42. The molecule has 18 heavy (non-hydrogen) atoms. The number of nitrogens with zero attached hydrogens (tertiary/aromatic N) is 2. The number of pyridine rings is 1. The molecule has 1 heterocycles. The number of ether oxygens (including phenoxy) is 2. The average Bonchev–Trinajstić information content (AvgIpc) is 2.33. The van der Waals surface area contributed by atoms with Crippen molar-refractivity contribution in [2.24, 2.45) is 5.92 Å². The Morgan fingerprint density at radius 1 is 1.44 bits per heavy atom. The van der Waals surface area contributed by atoms with Crippen LogP contribution in [0.3, 0.4) is 0 Å². The van der Waals surface area contributed by atoms with Crippen molar-refractivity contribution in [1.82, 2.24) is 4.98 Å². The van der Waals surface area contributed by atoms with Crippen LogP contribution in [0.5, 0.6) is 11.8 Å². The van der Waals surface area contributed by atoms with E-state index >= 15 is 0 Å². The van der Waals surface area contributed by atoms with Gasteiger partial charge >= 0.3 is 5.69 Å². The van der Waals surface area contributed by atoms with Crippen LogP contribution in [0.4, 0.5) is 5.69 Å². The molecule has 6 nitrogen and oxygen atoms in total. The molecule has 1 aromatic heterocycles. The summed E-state index contributed by atoms with van der Waals surface area (Å²) in [5.74, 6) is 0.907. The summed E-state index contributed by atoms with van der Waals surface area (Å²) in [4.78, 5) is 14.2. The predicted octanol–water partition coefficient (Wildman–Crippen LogP) is 2.81. The number of hydrogen-bond acceptors (Lipinski definition) is 5. The van der Waals surface area contributed by atoms with Crippen molar-refractivity contribution in [3.05, 3.63) is 22.2 Å². The highest BCUT2D eigenvalue weighted by atomic mass is 16.6. The van der Waals surface area contributed by atoms with Gasteiger partial charge in [0.2, 0.25) is 5.88 Å². The summed E-state index contributed by atoms with van der Waals surface area (Å²) >= 11 is 0. The Hall–Kier alpha value is -1.85. The van der Waals surface area contributed by atoms with Crippen LogP contribution in [-0.2, 0) is 0 Å². The molecule has 0 fully saturated rings. The standard InChI is InChI=1S/C12H18N2O4/c1-9(2)5-4-8-18-12-10(14(15)16)6-7-11(13-12)17-3/h6-7,9H,4-5,8H2,1-3H3. The van der Waals surface area contributed by atoms with Gasteiger partial charge in [-0.15, -0.1) is 0 Å². The van der Waals surface area contributed by atoms with Crippen molar-refractivity contribution < 1.29 is 14.4 Å². The van der Waals surface area contributed by atoms with Crippen LogP contribution in [0.2, 0.25) is 0 Å². The third-order valence-corrected chi connectivity index (χ3v) is 2.39. The summed E-state index contributed by atoms with van der Waals surface area (Å²) in [5.41, 5.74) is -0.139. The Labute approximate surface area is 106 Å². The topological polar surface area (TPSA) is 74.5 Å². The molecule has 0 atom stereocenters. The monoisotopic (exact) mass is 254 g/mol. The van der Waals surface area contributed by atoms with Gasteiger partial charge in [-0.2, -0.15) is 4.98 Å². The van der Waals surface area contributed by atoms with E-state index < -0.39 is 4.92 Å². The van der Waals surface area contributed by atoms with E-state index in [1.54, 1.807) is 0 Å². The minimum atomic E-state index is -0.510. The van der Waals surface area contributed by atoms with Gasteiger partial charge in [-0.1, -0.05) is 13.8 Å². The van der Waals surface area contributed by atoms with Crippen LogP contribution >= 0.6 is 0 Å². The van der Waals surface area contributed by atoms with Gasteiger partial charge in [0.05, 0.1) is 18.6 Å². The lowest BCUT2D eigenvalue weighted by Gasteiger charge is -2.08. The number of hydrogen-bond donors (Lipinski definition) is 0. The third-order valence-electron chi connectivity index (χ3n) is 2.39. The van der Waals surface area contributed by atoms with Gasteiger partial charge in [0.25, 0.3) is 5.88 Å². The van der Waals surface area contributed by atoms with Gasteiger partial charge in [0, 0.05) is 12.1 Å². The summed E-state index contributed by atoms with van der Waals surface area (Å²) in [6, 6.07) is 2.78. The molecule has 0 saturated carbocycles. The van der Waals surface area contributed by atoms with E-state index in [0.717, 1.165) is 12.8 Å². The molecule has 0 spiro atoms. The van der Waals surface area contributed by atoms with Crippen molar-refractivity contribution >= 4 is 5.69 Å². The van der Waals surface area contributed by atoms with Gasteiger partial charge in [-0.25, -0.2) is 0 Å². The summed E-state index contributed by atoms with van der Waals surface area (Å²) in [6.45, 7) is 4.65. The van der Waals surface area contributed by atoms with E-state index in [1.807, 2.05) is 0 Å². The minimum Gasteiger partial charge on any atom is -0.481 e. The summed E-state index contributed by atoms with van der Waals surface area (Å²) in [5, 5.41) is 10.8. The van der Waals surface area contributed by atoms with Crippen LogP contribution in [0.15, 0.2) is 12.1 Å². The molecule has 0 radical (unpaired) electrons. The Morgan fingerprint density at radius 3 is 2.72 bits per heavy atom. The van der Waals surface area contributed by atoms with Crippen molar-refractivity contribution in [3.63, 3.8) is 0 Å². The Balaban J connectivity index is 2.69. The van der Waals surface area contributed by atoms with Crippen molar-refractivity contribution in [3.8, 4) is 11.8 Å². The zero-order valence-corrected chi connectivity index (χ0v) is 10.9. The highest BCUT2D eigenvalue weighted by Gasteiger charge is 2.17. The molecule has 0 N–H and O–H groups in total. The maximum Gasteiger partial charge on any atom is 0.331 e. The van der Waals surface area contributed by atoms with E-state index in [2.05, 4.69) is 18.8 Å². The lowest BCUT2D eigenvalue weighted by Crippen LogP contribution is -2.04. The SMILES string of the molecule is COc1ccc([N+](=O)[O-])c(OCCCC(C)C)n1. The van der Waals surface area contributed by atoms with E-state index in [4.69, 9.17) is 9.47 Å². The summed E-state index contributed by atoms with van der Waals surface area (Å²) in [6.07, 6.45) is 1.85. The fraction of sp³-hybridized carbons (Fsp3) is 0.583. The van der Waals surface area contributed by atoms with Crippen LogP contribution in [0, 0.1) is 16.0 Å². The molecule has 1 aromatic rings. The number of methoxy groups -OCH3 is 1. The molecule has 0 aliphatic rings. The molecule has 0 aliphatic heterocycles. The quantitative estimate of drug-likeness (QED) is 0.425. The van der Waals surface area contributed by atoms with Crippen LogP contribution < -0.4 is 9.47 Å². The number of aromatic nitrogens is 1. The molecule has 0 amide bonds. The molecule has 100 valence electrons. The average molecular weight is 254 g/mol. The van der Waals surface area contributed by atoms with Crippen molar-refractivity contribution in [2.45, 2.75) is 26.7 Å². The van der Waals surface area contributed by atoms with Gasteiger partial charge in [0.1, 0.15) is 0 Å². The van der Waals surface area contributed by atoms with Crippen LogP contribution in [-0.4, -0.2) is 23.6 Å². The van der Waals surface area contributed by atoms with Crippen LogP contribution in [0.25, 0.3) is 0 Å². The van der Waals surface area contributed by atoms with Crippen molar-refractivity contribution in [2.75, 3.05) is 13.7 Å². The maximum absolute atomic E-state index is 10.8. The number of nitro groups is 1. The first kappa shape index (κ1) is 14.2. The minimum absolute atomic E-state index is 0.0168. The second kappa shape index (κ2) is 6.78. The number of rotatable bonds is 7. The molecule has 6 heteroatoms. The Bertz CT molecular complexity index is 407. The second-order valence-corrected chi connectivity index (χ2v) is 4.32. The fourth-order valence-electron chi connectivity index (χ4n) is 1.44. The maximum atomic E-state index is 10.8. The lowest BCUT2D eigenvalue weighted by molar-refractivity contribution is -0.386. The largest absolute Gasteiger partial charge is 0.481 e. The Kier molecular flexibility index (Phi) is 5.35. The fourth-order valence-corrected chi connectivity index (χ4v) is 1.44. The highest BCUT2D eigenvalue weighted by Crippen LogP contribution is 2.27. The van der Waals surface area contributed by atoms with Gasteiger partial charge in [0.15, 0.2) is 0 Å². The van der Waals surface area contributed by atoms with E-state index in [1.165, 1.54) is 19.2 Å². The normalized spacial score (nSPS) is 10.4. The molecular formula is C12H18N2O4. The van der Waals surface area contributed by atoms with Gasteiger partial charge in [-0.05, 0) is 18.8 Å². The molecule has 1 rings (SSSR count). The smallest absolute Gasteiger partial charge is 0.331 e. The van der Waals surface area contributed by atoms with E-state index in [9.17, 15) is 10.1 Å². The summed E-state index contributed by atoms with van der Waals surface area (Å²) < 4.78 is 10.3. The van der Waals surface area contributed by atoms with Crippen molar-refractivity contribution in [1.29, 1.82) is 0 Å². The molecule has 0 bridgehead atoms. The van der Waals surface area contributed by atoms with Crippen LogP contribution in [0.1, 0.15) is 26.7 Å². The Morgan fingerprint density at radius 2 is 2.17 bits per heavy atom. The van der Waals surface area contributed by atoms with E-state index in [0.29, 0.717) is 18.4 Å². The van der Waals surface area contributed by atoms with E-state index in [-0.39, 0.29) is 11.6 Å². The summed E-state index contributed by atoms with van der Waals surface area (Å²) in [7, 11) is 1.46. The molecule has 0 aliphatic carbocycles. The molecule has 0 aromatic carbocycles. The van der Waals surface area contributed by atoms with Gasteiger partial charge in [-0.3, -0.25) is 10.1 Å². The zero-order valence-electron chi connectivity index (χ0n) is 10.9. The second-order valence-electron chi connectivity index (χ2n) is 4.32. The third kappa shape index (κ3) is 4.20. The first-order chi connectivity index (χ1) is 8.54.